The Morgan fingerprint density at radius 1 is 1.31 bits per heavy atom. The fraction of sp³-hybridized carbons (Fsp3) is 0.167. The lowest BCUT2D eigenvalue weighted by atomic mass is 10.1. The summed E-state index contributed by atoms with van der Waals surface area (Å²) < 4.78 is 6.80. The van der Waals surface area contributed by atoms with Crippen molar-refractivity contribution in [2.75, 3.05) is 19.0 Å². The predicted octanol–water partition coefficient (Wildman–Crippen LogP) is 2.13. The maximum atomic E-state index is 12.2. The molecule has 0 saturated heterocycles. The molecule has 0 spiro atoms. The number of aromatic nitrogens is 3. The van der Waals surface area contributed by atoms with Gasteiger partial charge in [-0.05, 0) is 29.8 Å². The second kappa shape index (κ2) is 8.13. The molecule has 2 aromatic heterocycles. The van der Waals surface area contributed by atoms with Crippen LogP contribution in [0.2, 0.25) is 0 Å². The zero-order valence-corrected chi connectivity index (χ0v) is 14.2. The number of anilines is 1. The maximum absolute atomic E-state index is 12.2. The third kappa shape index (κ3) is 4.17. The fourth-order valence-corrected chi connectivity index (χ4v) is 2.44. The number of hydrogen-bond acceptors (Lipinski definition) is 5. The minimum atomic E-state index is -0.555. The van der Waals surface area contributed by atoms with Gasteiger partial charge in [-0.25, -0.2) is 9.48 Å². The zero-order chi connectivity index (χ0) is 18.4. The van der Waals surface area contributed by atoms with Crippen molar-refractivity contribution in [1.29, 1.82) is 0 Å². The monoisotopic (exact) mass is 353 g/mol. The summed E-state index contributed by atoms with van der Waals surface area (Å²) in [5.74, 6) is 0.654. The Morgan fingerprint density at radius 3 is 2.85 bits per heavy atom. The van der Waals surface area contributed by atoms with E-state index in [1.807, 2.05) is 6.07 Å². The molecule has 1 unspecified atom stereocenters. The minimum absolute atomic E-state index is 0.239. The van der Waals surface area contributed by atoms with Crippen LogP contribution in [0, 0.1) is 0 Å². The third-order valence-electron chi connectivity index (χ3n) is 3.75. The van der Waals surface area contributed by atoms with Crippen LogP contribution in [0.4, 0.5) is 10.5 Å². The highest BCUT2D eigenvalue weighted by Gasteiger charge is 2.15. The molecule has 8 nitrogen and oxygen atoms in total. The molecule has 8 heteroatoms. The average Bonchev–Trinajstić information content (AvgIpc) is 3.15. The summed E-state index contributed by atoms with van der Waals surface area (Å²) in [5.41, 5.74) is 2.11. The maximum Gasteiger partial charge on any atom is 0.319 e. The predicted molar refractivity (Wildman–Crippen MR) is 96.3 cm³/mol. The summed E-state index contributed by atoms with van der Waals surface area (Å²) in [6.07, 6.45) is 6.56. The second-order valence-electron chi connectivity index (χ2n) is 5.49. The van der Waals surface area contributed by atoms with E-state index in [1.54, 1.807) is 66.9 Å². The molecule has 0 radical (unpaired) electrons. The van der Waals surface area contributed by atoms with Crippen molar-refractivity contribution in [2.45, 2.75) is 6.04 Å². The zero-order valence-electron chi connectivity index (χ0n) is 14.2. The number of aliphatic hydroxyl groups is 1. The Labute approximate surface area is 150 Å². The first-order chi connectivity index (χ1) is 12.7. The van der Waals surface area contributed by atoms with Crippen LogP contribution in [0.15, 0.2) is 61.2 Å². The molecule has 1 aromatic carbocycles. The smallest absolute Gasteiger partial charge is 0.319 e. The minimum Gasteiger partial charge on any atom is -0.497 e. The van der Waals surface area contributed by atoms with Crippen molar-refractivity contribution < 1.29 is 14.6 Å². The van der Waals surface area contributed by atoms with E-state index in [4.69, 9.17) is 4.74 Å². The van der Waals surface area contributed by atoms with Gasteiger partial charge in [0.25, 0.3) is 0 Å². The van der Waals surface area contributed by atoms with Crippen molar-refractivity contribution in [3.8, 4) is 11.4 Å². The highest BCUT2D eigenvalue weighted by Crippen LogP contribution is 2.19. The van der Waals surface area contributed by atoms with Gasteiger partial charge in [0.2, 0.25) is 0 Å². The molecule has 0 aliphatic heterocycles. The van der Waals surface area contributed by atoms with Crippen molar-refractivity contribution in [3.63, 3.8) is 0 Å². The summed E-state index contributed by atoms with van der Waals surface area (Å²) in [5, 5.41) is 19.2. The first-order valence-electron chi connectivity index (χ1n) is 7.97. The number of amides is 2. The largest absolute Gasteiger partial charge is 0.497 e. The van der Waals surface area contributed by atoms with Crippen LogP contribution in [0.3, 0.4) is 0 Å². The van der Waals surface area contributed by atoms with Gasteiger partial charge < -0.3 is 20.5 Å². The first kappa shape index (κ1) is 17.4. The van der Waals surface area contributed by atoms with Gasteiger partial charge in [0.15, 0.2) is 0 Å². The van der Waals surface area contributed by atoms with Crippen LogP contribution < -0.4 is 15.4 Å². The Hall–Kier alpha value is -3.39. The van der Waals surface area contributed by atoms with Gasteiger partial charge in [-0.1, -0.05) is 12.1 Å². The normalized spacial score (nSPS) is 11.6. The number of pyridine rings is 1. The van der Waals surface area contributed by atoms with Gasteiger partial charge in [-0.3, -0.25) is 4.98 Å². The number of aliphatic hydroxyl groups excluding tert-OH is 1. The lowest BCUT2D eigenvalue weighted by Gasteiger charge is -2.17. The van der Waals surface area contributed by atoms with Crippen LogP contribution in [0.25, 0.3) is 5.69 Å². The van der Waals surface area contributed by atoms with Crippen LogP contribution in [-0.2, 0) is 0 Å². The van der Waals surface area contributed by atoms with Crippen molar-refractivity contribution in [1.82, 2.24) is 20.1 Å². The molecule has 0 fully saturated rings. The number of benzene rings is 1. The van der Waals surface area contributed by atoms with Gasteiger partial charge in [0, 0.05) is 12.4 Å². The van der Waals surface area contributed by atoms with E-state index >= 15 is 0 Å². The summed E-state index contributed by atoms with van der Waals surface area (Å²) in [6, 6.07) is 9.79. The Kier molecular flexibility index (Phi) is 5.45. The van der Waals surface area contributed by atoms with Crippen molar-refractivity contribution >= 4 is 11.7 Å². The molecule has 3 aromatic rings. The molecule has 3 rings (SSSR count). The van der Waals surface area contributed by atoms with Gasteiger partial charge >= 0.3 is 6.03 Å². The number of ether oxygens (including phenoxy) is 1. The van der Waals surface area contributed by atoms with Crippen molar-refractivity contribution in [2.24, 2.45) is 0 Å². The summed E-state index contributed by atoms with van der Waals surface area (Å²) >= 11 is 0. The molecular formula is C18H19N5O3. The van der Waals surface area contributed by atoms with Gasteiger partial charge in [0.05, 0.1) is 43.5 Å². The molecule has 0 saturated carbocycles. The third-order valence-corrected chi connectivity index (χ3v) is 3.75. The molecule has 0 aliphatic rings. The lowest BCUT2D eigenvalue weighted by Crippen LogP contribution is -2.34. The van der Waals surface area contributed by atoms with Crippen LogP contribution in [0.5, 0.6) is 5.75 Å². The second-order valence-corrected chi connectivity index (χ2v) is 5.49. The average molecular weight is 353 g/mol. The number of nitrogens with zero attached hydrogens (tertiary/aromatic N) is 3. The van der Waals surface area contributed by atoms with E-state index in [9.17, 15) is 9.90 Å². The topological polar surface area (TPSA) is 101 Å². The van der Waals surface area contributed by atoms with Gasteiger partial charge in [-0.2, -0.15) is 5.10 Å². The SMILES string of the molecule is COc1cccc(C(CO)NC(=O)Nc2cnn(-c3ccncc3)c2)c1. The summed E-state index contributed by atoms with van der Waals surface area (Å²) in [7, 11) is 1.56. The highest BCUT2D eigenvalue weighted by molar-refractivity contribution is 5.89. The van der Waals surface area contributed by atoms with Crippen molar-refractivity contribution in [3.05, 3.63) is 66.7 Å². The Balaban J connectivity index is 1.65. The van der Waals surface area contributed by atoms with Gasteiger partial charge in [0.1, 0.15) is 5.75 Å². The van der Waals surface area contributed by atoms with Crippen LogP contribution in [-0.4, -0.2) is 39.6 Å². The molecule has 2 amide bonds. The number of hydrogen-bond donors (Lipinski definition) is 3. The Morgan fingerprint density at radius 2 is 2.12 bits per heavy atom. The number of carbonyl (C=O) groups is 1. The fourth-order valence-electron chi connectivity index (χ4n) is 2.44. The quantitative estimate of drug-likeness (QED) is 0.630. The molecule has 26 heavy (non-hydrogen) atoms. The molecule has 134 valence electrons. The molecular weight excluding hydrogens is 334 g/mol. The molecule has 1 atom stereocenters. The van der Waals surface area contributed by atoms with E-state index in [-0.39, 0.29) is 6.61 Å². The van der Waals surface area contributed by atoms with Crippen LogP contribution in [0.1, 0.15) is 11.6 Å². The van der Waals surface area contributed by atoms with Gasteiger partial charge in [-0.15, -0.1) is 0 Å². The van der Waals surface area contributed by atoms with E-state index in [2.05, 4.69) is 20.7 Å². The molecule has 2 heterocycles. The first-order valence-corrected chi connectivity index (χ1v) is 7.97. The number of carbonyl (C=O) groups excluding carboxylic acids is 1. The molecule has 3 N–H and O–H groups in total. The van der Waals surface area contributed by atoms with E-state index in [0.717, 1.165) is 11.3 Å². The molecule has 0 aliphatic carbocycles. The molecule has 0 bridgehead atoms. The summed E-state index contributed by atoms with van der Waals surface area (Å²) in [6.45, 7) is -0.239. The lowest BCUT2D eigenvalue weighted by molar-refractivity contribution is 0.225. The number of urea groups is 1. The van der Waals surface area contributed by atoms with E-state index < -0.39 is 12.1 Å². The van der Waals surface area contributed by atoms with E-state index in [1.165, 1.54) is 0 Å². The number of rotatable bonds is 6. The highest BCUT2D eigenvalue weighted by atomic mass is 16.5. The Bertz CT molecular complexity index is 866. The number of nitrogens with one attached hydrogen (secondary N) is 2. The standard InChI is InChI=1S/C18H19N5O3/c1-26-16-4-2-3-13(9-16)17(12-24)22-18(25)21-14-10-20-23(11-14)15-5-7-19-8-6-15/h2-11,17,24H,12H2,1H3,(H2,21,22,25). The van der Waals surface area contributed by atoms with E-state index in [0.29, 0.717) is 11.4 Å². The summed E-state index contributed by atoms with van der Waals surface area (Å²) in [4.78, 5) is 16.2. The number of methoxy groups -OCH3 is 1. The van der Waals surface area contributed by atoms with Crippen LogP contribution >= 0.6 is 0 Å².